The number of benzene rings is 2. The molecule has 36 heavy (non-hydrogen) atoms. The third-order valence-corrected chi connectivity index (χ3v) is 7.45. The Bertz CT molecular complexity index is 1380. The quantitative estimate of drug-likeness (QED) is 0.252. The van der Waals surface area contributed by atoms with E-state index in [1.54, 1.807) is 0 Å². The van der Waals surface area contributed by atoms with Crippen LogP contribution >= 0.6 is 28.1 Å². The highest BCUT2D eigenvalue weighted by Crippen LogP contribution is 2.44. The highest BCUT2D eigenvalue weighted by atomic mass is 79.9. The molecule has 0 spiro atoms. The zero-order valence-electron chi connectivity index (χ0n) is 20.8. The highest BCUT2D eigenvalue weighted by molar-refractivity contribution is 9.10. The standard InChI is InChI=1S/C29H29BrN4OS/c1-18(2)35-22-14-12-21(13-15-22)34-28(27(32-29(34)36)25-10-7-8-16-31-25)23-17-19(3)33(20(23)4)26-11-6-5-9-24(26)30/h5-18,27-28H,1-4H3,(H,32,36)/t27-,28-/m0/s1. The lowest BCUT2D eigenvalue weighted by atomic mass is 9.96. The van der Waals surface area contributed by atoms with Crippen LogP contribution in [0.1, 0.15) is 48.6 Å². The number of rotatable bonds is 6. The average Bonchev–Trinajstić information content (AvgIpc) is 3.35. The minimum atomic E-state index is -0.0987. The van der Waals surface area contributed by atoms with Crippen LogP contribution in [0.25, 0.3) is 5.69 Å². The van der Waals surface area contributed by atoms with E-state index >= 15 is 0 Å². The van der Waals surface area contributed by atoms with Crippen molar-refractivity contribution in [3.8, 4) is 11.4 Å². The fraction of sp³-hybridized carbons (Fsp3) is 0.241. The van der Waals surface area contributed by atoms with Crippen molar-refractivity contribution < 1.29 is 4.74 Å². The molecule has 0 bridgehead atoms. The molecule has 2 aromatic heterocycles. The predicted molar refractivity (Wildman–Crippen MR) is 153 cm³/mol. The molecule has 1 saturated heterocycles. The highest BCUT2D eigenvalue weighted by Gasteiger charge is 2.42. The maximum atomic E-state index is 5.92. The number of thiocarbonyl (C=S) groups is 1. The van der Waals surface area contributed by atoms with Gasteiger partial charge in [0.2, 0.25) is 0 Å². The Balaban J connectivity index is 1.64. The first-order valence-corrected chi connectivity index (χ1v) is 13.3. The molecular weight excluding hydrogens is 532 g/mol. The first kappa shape index (κ1) is 24.5. The van der Waals surface area contributed by atoms with Crippen LogP contribution < -0.4 is 15.0 Å². The number of aromatic nitrogens is 2. The van der Waals surface area contributed by atoms with Gasteiger partial charge in [0.25, 0.3) is 0 Å². The van der Waals surface area contributed by atoms with Gasteiger partial charge in [-0.3, -0.25) is 4.98 Å². The van der Waals surface area contributed by atoms with Crippen molar-refractivity contribution in [2.45, 2.75) is 45.9 Å². The molecule has 2 atom stereocenters. The number of hydrogen-bond donors (Lipinski definition) is 1. The van der Waals surface area contributed by atoms with E-state index in [2.05, 4.69) is 87.0 Å². The minimum Gasteiger partial charge on any atom is -0.491 e. The van der Waals surface area contributed by atoms with Gasteiger partial charge in [-0.2, -0.15) is 0 Å². The molecule has 0 saturated carbocycles. The van der Waals surface area contributed by atoms with E-state index in [0.717, 1.165) is 33.0 Å². The molecule has 5 rings (SSSR count). The number of para-hydroxylation sites is 1. The lowest BCUT2D eigenvalue weighted by molar-refractivity contribution is 0.242. The number of hydrogen-bond acceptors (Lipinski definition) is 3. The van der Waals surface area contributed by atoms with Crippen LogP contribution in [0.4, 0.5) is 5.69 Å². The van der Waals surface area contributed by atoms with Crippen LogP contribution in [0.2, 0.25) is 0 Å². The van der Waals surface area contributed by atoms with Crippen molar-refractivity contribution >= 4 is 38.9 Å². The SMILES string of the molecule is Cc1cc([C@H]2[C@H](c3ccccn3)NC(=S)N2c2ccc(OC(C)C)cc2)c(C)n1-c1ccccc1Br. The van der Waals surface area contributed by atoms with Crippen LogP contribution in [0.5, 0.6) is 5.75 Å². The fourth-order valence-electron chi connectivity index (χ4n) is 5.00. The van der Waals surface area contributed by atoms with Crippen LogP contribution in [0, 0.1) is 13.8 Å². The summed E-state index contributed by atoms with van der Waals surface area (Å²) >= 11 is 9.66. The fourth-order valence-corrected chi connectivity index (χ4v) is 5.81. The zero-order chi connectivity index (χ0) is 25.4. The van der Waals surface area contributed by atoms with Crippen molar-refractivity contribution in [2.75, 3.05) is 4.90 Å². The third-order valence-electron chi connectivity index (χ3n) is 6.47. The van der Waals surface area contributed by atoms with Gasteiger partial charge in [-0.05, 0) is 116 Å². The summed E-state index contributed by atoms with van der Waals surface area (Å²) < 4.78 is 9.23. The molecule has 1 fully saturated rings. The molecule has 0 aliphatic carbocycles. The van der Waals surface area contributed by atoms with E-state index in [1.165, 1.54) is 11.3 Å². The zero-order valence-corrected chi connectivity index (χ0v) is 23.2. The molecule has 1 aliphatic rings. The van der Waals surface area contributed by atoms with Gasteiger partial charge in [0, 0.05) is 27.7 Å². The van der Waals surface area contributed by atoms with Gasteiger partial charge in [-0.1, -0.05) is 18.2 Å². The van der Waals surface area contributed by atoms with Crippen molar-refractivity contribution in [3.05, 3.63) is 106 Å². The van der Waals surface area contributed by atoms with Crippen LogP contribution in [-0.2, 0) is 0 Å². The summed E-state index contributed by atoms with van der Waals surface area (Å²) in [6, 6.07) is 24.6. The third kappa shape index (κ3) is 4.53. The number of halogens is 1. The number of anilines is 1. The molecule has 0 radical (unpaired) electrons. The molecule has 3 heterocycles. The summed E-state index contributed by atoms with van der Waals surface area (Å²) in [5, 5.41) is 4.25. The number of ether oxygens (including phenoxy) is 1. The molecule has 184 valence electrons. The monoisotopic (exact) mass is 560 g/mol. The van der Waals surface area contributed by atoms with E-state index in [1.807, 2.05) is 50.4 Å². The molecule has 7 heteroatoms. The minimum absolute atomic E-state index is 0.0771. The topological polar surface area (TPSA) is 42.3 Å². The van der Waals surface area contributed by atoms with Crippen LogP contribution in [-0.4, -0.2) is 20.8 Å². The number of nitrogens with one attached hydrogen (secondary N) is 1. The van der Waals surface area contributed by atoms with Crippen molar-refractivity contribution in [2.24, 2.45) is 0 Å². The molecule has 2 aromatic carbocycles. The van der Waals surface area contributed by atoms with Crippen LogP contribution in [0.3, 0.4) is 0 Å². The average molecular weight is 562 g/mol. The smallest absolute Gasteiger partial charge is 0.174 e. The van der Waals surface area contributed by atoms with E-state index in [4.69, 9.17) is 21.9 Å². The van der Waals surface area contributed by atoms with Crippen molar-refractivity contribution in [3.63, 3.8) is 0 Å². The maximum absolute atomic E-state index is 5.92. The van der Waals surface area contributed by atoms with Crippen LogP contribution in [0.15, 0.2) is 83.5 Å². The maximum Gasteiger partial charge on any atom is 0.174 e. The Morgan fingerprint density at radius 1 is 1.00 bits per heavy atom. The van der Waals surface area contributed by atoms with Gasteiger partial charge in [-0.25, -0.2) is 0 Å². The lowest BCUT2D eigenvalue weighted by Crippen LogP contribution is -2.29. The van der Waals surface area contributed by atoms with Gasteiger partial charge in [0.15, 0.2) is 5.11 Å². The van der Waals surface area contributed by atoms with E-state index in [-0.39, 0.29) is 18.2 Å². The number of nitrogens with zero attached hydrogens (tertiary/aromatic N) is 3. The van der Waals surface area contributed by atoms with Gasteiger partial charge in [0.05, 0.1) is 29.6 Å². The largest absolute Gasteiger partial charge is 0.491 e. The molecule has 1 aliphatic heterocycles. The predicted octanol–water partition coefficient (Wildman–Crippen LogP) is 7.22. The lowest BCUT2D eigenvalue weighted by Gasteiger charge is -2.28. The first-order valence-electron chi connectivity index (χ1n) is 12.1. The molecular formula is C29H29BrN4OS. The Labute approximate surface area is 226 Å². The first-order chi connectivity index (χ1) is 17.3. The normalized spacial score (nSPS) is 17.5. The van der Waals surface area contributed by atoms with Gasteiger partial charge in [-0.15, -0.1) is 0 Å². The summed E-state index contributed by atoms with van der Waals surface area (Å²) in [5.74, 6) is 0.844. The second-order valence-corrected chi connectivity index (χ2v) is 10.5. The van der Waals surface area contributed by atoms with Crippen molar-refractivity contribution in [1.29, 1.82) is 0 Å². The second-order valence-electron chi connectivity index (χ2n) is 9.27. The Hall–Kier alpha value is -3.16. The molecule has 0 amide bonds. The number of pyridine rings is 1. The Morgan fingerprint density at radius 3 is 2.39 bits per heavy atom. The Kier molecular flexibility index (Phi) is 6.86. The van der Waals surface area contributed by atoms with E-state index in [0.29, 0.717) is 5.11 Å². The van der Waals surface area contributed by atoms with Gasteiger partial charge >= 0.3 is 0 Å². The Morgan fingerprint density at radius 2 is 1.72 bits per heavy atom. The second kappa shape index (κ2) is 10.1. The van der Waals surface area contributed by atoms with Crippen molar-refractivity contribution in [1.82, 2.24) is 14.9 Å². The molecule has 1 N–H and O–H groups in total. The summed E-state index contributed by atoms with van der Waals surface area (Å²) in [6.07, 6.45) is 1.96. The van der Waals surface area contributed by atoms with E-state index < -0.39 is 0 Å². The summed E-state index contributed by atoms with van der Waals surface area (Å²) in [7, 11) is 0. The van der Waals surface area contributed by atoms with Gasteiger partial charge in [0.1, 0.15) is 5.75 Å². The summed E-state index contributed by atoms with van der Waals surface area (Å²) in [4.78, 5) is 6.90. The molecule has 5 nitrogen and oxygen atoms in total. The molecule has 0 unspecified atom stereocenters. The van der Waals surface area contributed by atoms with E-state index in [9.17, 15) is 0 Å². The summed E-state index contributed by atoms with van der Waals surface area (Å²) in [6.45, 7) is 8.38. The summed E-state index contributed by atoms with van der Waals surface area (Å²) in [5.41, 5.74) is 6.61. The number of aryl methyl sites for hydroxylation is 1. The van der Waals surface area contributed by atoms with Gasteiger partial charge < -0.3 is 19.5 Å². The molecule has 4 aromatic rings.